The van der Waals surface area contributed by atoms with Crippen LogP contribution in [0.3, 0.4) is 0 Å². The predicted octanol–water partition coefficient (Wildman–Crippen LogP) is 2.72. The van der Waals surface area contributed by atoms with Crippen LogP contribution in [0.1, 0.15) is 26.3 Å². The molecule has 0 saturated heterocycles. The van der Waals surface area contributed by atoms with Crippen molar-refractivity contribution >= 4 is 0 Å². The van der Waals surface area contributed by atoms with Gasteiger partial charge in [0, 0.05) is 12.1 Å². The van der Waals surface area contributed by atoms with E-state index in [-0.39, 0.29) is 0 Å². The Labute approximate surface area is 103 Å². The number of hydrogen-bond acceptors (Lipinski definition) is 3. The van der Waals surface area contributed by atoms with E-state index >= 15 is 0 Å². The highest BCUT2D eigenvalue weighted by atomic mass is 16.5. The highest BCUT2D eigenvalue weighted by molar-refractivity contribution is 5.33. The van der Waals surface area contributed by atoms with Crippen molar-refractivity contribution < 1.29 is 4.74 Å². The first-order valence-corrected chi connectivity index (χ1v) is 5.98. The van der Waals surface area contributed by atoms with E-state index in [1.54, 1.807) is 6.92 Å². The molecule has 0 heterocycles. The molecule has 1 aromatic rings. The molecule has 0 bridgehead atoms. The maximum atomic E-state index is 8.75. The fourth-order valence-electron chi connectivity index (χ4n) is 1.48. The summed E-state index contributed by atoms with van der Waals surface area (Å²) in [6, 6.07) is 9.90. The average molecular weight is 232 g/mol. The zero-order chi connectivity index (χ0) is 12.7. The van der Waals surface area contributed by atoms with Crippen LogP contribution < -0.4 is 10.1 Å². The van der Waals surface area contributed by atoms with Gasteiger partial charge in [0.05, 0.1) is 0 Å². The highest BCUT2D eigenvalue weighted by Gasteiger charge is 2.06. The molecule has 0 aromatic heterocycles. The van der Waals surface area contributed by atoms with Gasteiger partial charge in [-0.05, 0) is 25.5 Å². The van der Waals surface area contributed by atoms with E-state index in [4.69, 9.17) is 10.00 Å². The summed E-state index contributed by atoms with van der Waals surface area (Å²) in [6.45, 7) is 7.84. The molecule has 1 rings (SSSR count). The van der Waals surface area contributed by atoms with Gasteiger partial charge >= 0.3 is 0 Å². The molecule has 0 aliphatic rings. The summed E-state index contributed by atoms with van der Waals surface area (Å²) in [6.07, 6.45) is -0.416. The van der Waals surface area contributed by atoms with Gasteiger partial charge in [0.2, 0.25) is 0 Å². The molecule has 0 saturated carbocycles. The Morgan fingerprint density at radius 1 is 1.29 bits per heavy atom. The van der Waals surface area contributed by atoms with E-state index in [2.05, 4.69) is 25.2 Å². The van der Waals surface area contributed by atoms with Gasteiger partial charge in [-0.25, -0.2) is 0 Å². The van der Waals surface area contributed by atoms with Crippen molar-refractivity contribution in [1.29, 1.82) is 5.26 Å². The van der Waals surface area contributed by atoms with Gasteiger partial charge in [0.1, 0.15) is 11.8 Å². The van der Waals surface area contributed by atoms with Crippen molar-refractivity contribution in [3.63, 3.8) is 0 Å². The predicted molar refractivity (Wildman–Crippen MR) is 68.7 cm³/mol. The Hall–Kier alpha value is -1.53. The summed E-state index contributed by atoms with van der Waals surface area (Å²) in [5.74, 6) is 1.42. The molecule has 0 radical (unpaired) electrons. The topological polar surface area (TPSA) is 45.0 Å². The highest BCUT2D eigenvalue weighted by Crippen LogP contribution is 2.19. The quantitative estimate of drug-likeness (QED) is 0.820. The zero-order valence-electron chi connectivity index (χ0n) is 10.7. The van der Waals surface area contributed by atoms with Gasteiger partial charge in [-0.1, -0.05) is 32.0 Å². The Bertz CT molecular complexity index is 382. The summed E-state index contributed by atoms with van der Waals surface area (Å²) in [5, 5.41) is 12.1. The molecule has 0 amide bonds. The third-order valence-electron chi connectivity index (χ3n) is 2.33. The smallest absolute Gasteiger partial charge is 0.181 e. The molecule has 1 atom stereocenters. The number of rotatable bonds is 6. The minimum absolute atomic E-state index is 0.416. The van der Waals surface area contributed by atoms with Crippen LogP contribution in [0.25, 0.3) is 0 Å². The molecule has 0 spiro atoms. The van der Waals surface area contributed by atoms with E-state index in [0.717, 1.165) is 24.4 Å². The molecule has 0 aliphatic heterocycles. The molecule has 1 N–H and O–H groups in total. The minimum atomic E-state index is -0.416. The molecule has 0 fully saturated rings. The van der Waals surface area contributed by atoms with Crippen LogP contribution >= 0.6 is 0 Å². The fourth-order valence-corrected chi connectivity index (χ4v) is 1.48. The summed E-state index contributed by atoms with van der Waals surface area (Å²) >= 11 is 0. The van der Waals surface area contributed by atoms with Crippen LogP contribution in [0.5, 0.6) is 5.75 Å². The van der Waals surface area contributed by atoms with Crippen LogP contribution in [-0.4, -0.2) is 12.6 Å². The normalized spacial score (nSPS) is 12.2. The number of para-hydroxylation sites is 1. The lowest BCUT2D eigenvalue weighted by atomic mass is 10.2. The number of ether oxygens (including phenoxy) is 1. The van der Waals surface area contributed by atoms with Crippen molar-refractivity contribution in [3.05, 3.63) is 29.8 Å². The van der Waals surface area contributed by atoms with Gasteiger partial charge in [0.25, 0.3) is 0 Å². The molecular formula is C14H20N2O. The average Bonchev–Trinajstić information content (AvgIpc) is 2.30. The lowest BCUT2D eigenvalue weighted by molar-refractivity contribution is 0.273. The van der Waals surface area contributed by atoms with E-state index in [1.807, 2.05) is 24.3 Å². The summed E-state index contributed by atoms with van der Waals surface area (Å²) in [4.78, 5) is 0. The molecule has 92 valence electrons. The zero-order valence-corrected chi connectivity index (χ0v) is 10.7. The Balaban J connectivity index is 2.61. The second-order valence-corrected chi connectivity index (χ2v) is 4.52. The number of nitriles is 1. The van der Waals surface area contributed by atoms with Crippen molar-refractivity contribution in [2.75, 3.05) is 6.54 Å². The van der Waals surface area contributed by atoms with Gasteiger partial charge in [-0.3, -0.25) is 0 Å². The Morgan fingerprint density at radius 2 is 2.00 bits per heavy atom. The summed E-state index contributed by atoms with van der Waals surface area (Å²) < 4.78 is 5.55. The van der Waals surface area contributed by atoms with Gasteiger partial charge in [0.15, 0.2) is 6.10 Å². The molecule has 3 heteroatoms. The molecule has 3 nitrogen and oxygen atoms in total. The summed E-state index contributed by atoms with van der Waals surface area (Å²) in [5.41, 5.74) is 1.09. The fraction of sp³-hybridized carbons (Fsp3) is 0.500. The van der Waals surface area contributed by atoms with Crippen LogP contribution in [0.4, 0.5) is 0 Å². The first-order chi connectivity index (χ1) is 8.13. The van der Waals surface area contributed by atoms with Crippen LogP contribution in [0.15, 0.2) is 24.3 Å². The van der Waals surface area contributed by atoms with Crippen LogP contribution in [0, 0.1) is 17.2 Å². The minimum Gasteiger partial charge on any atom is -0.476 e. The first kappa shape index (κ1) is 13.5. The third kappa shape index (κ3) is 4.88. The van der Waals surface area contributed by atoms with Gasteiger partial charge < -0.3 is 10.1 Å². The molecule has 0 aliphatic carbocycles. The lowest BCUT2D eigenvalue weighted by Gasteiger charge is -2.14. The number of nitrogens with one attached hydrogen (secondary N) is 1. The molecular weight excluding hydrogens is 212 g/mol. The first-order valence-electron chi connectivity index (χ1n) is 5.98. The van der Waals surface area contributed by atoms with Crippen molar-refractivity contribution in [2.24, 2.45) is 5.92 Å². The number of nitrogens with zero attached hydrogens (tertiary/aromatic N) is 1. The van der Waals surface area contributed by atoms with E-state index in [0.29, 0.717) is 5.92 Å². The van der Waals surface area contributed by atoms with Gasteiger partial charge in [-0.15, -0.1) is 0 Å². The second-order valence-electron chi connectivity index (χ2n) is 4.52. The Kier molecular flexibility index (Phi) is 5.51. The van der Waals surface area contributed by atoms with Crippen molar-refractivity contribution in [1.82, 2.24) is 5.32 Å². The number of hydrogen-bond donors (Lipinski definition) is 1. The lowest BCUT2D eigenvalue weighted by Crippen LogP contribution is -2.20. The maximum absolute atomic E-state index is 8.75. The van der Waals surface area contributed by atoms with Crippen LogP contribution in [-0.2, 0) is 6.54 Å². The SMILES string of the molecule is CC(C)CNCc1ccccc1OC(C)C#N. The van der Waals surface area contributed by atoms with Crippen molar-refractivity contribution in [2.45, 2.75) is 33.4 Å². The standard InChI is InChI=1S/C14H20N2O/c1-11(2)9-16-10-13-6-4-5-7-14(13)17-12(3)8-15/h4-7,11-12,16H,9-10H2,1-3H3. The second kappa shape index (κ2) is 6.93. The van der Waals surface area contributed by atoms with E-state index in [1.165, 1.54) is 0 Å². The molecule has 1 aromatic carbocycles. The maximum Gasteiger partial charge on any atom is 0.181 e. The third-order valence-corrected chi connectivity index (χ3v) is 2.33. The van der Waals surface area contributed by atoms with E-state index < -0.39 is 6.10 Å². The monoisotopic (exact) mass is 232 g/mol. The van der Waals surface area contributed by atoms with Gasteiger partial charge in [-0.2, -0.15) is 5.26 Å². The van der Waals surface area contributed by atoms with E-state index in [9.17, 15) is 0 Å². The van der Waals surface area contributed by atoms with Crippen LogP contribution in [0.2, 0.25) is 0 Å². The largest absolute Gasteiger partial charge is 0.476 e. The molecule has 1 unspecified atom stereocenters. The molecule has 17 heavy (non-hydrogen) atoms. The Morgan fingerprint density at radius 3 is 2.65 bits per heavy atom. The van der Waals surface area contributed by atoms with Crippen molar-refractivity contribution in [3.8, 4) is 11.8 Å². The number of benzene rings is 1. The summed E-state index contributed by atoms with van der Waals surface area (Å²) in [7, 11) is 0.